The summed E-state index contributed by atoms with van der Waals surface area (Å²) in [6, 6.07) is 2.04. The van der Waals surface area contributed by atoms with Gasteiger partial charge < -0.3 is 10.1 Å². The molecule has 1 aliphatic rings. The predicted molar refractivity (Wildman–Crippen MR) is 97.4 cm³/mol. The molecule has 0 aromatic carbocycles. The minimum atomic E-state index is 0.0155. The highest BCUT2D eigenvalue weighted by atomic mass is 16.5. The van der Waals surface area contributed by atoms with E-state index in [9.17, 15) is 4.79 Å². The molecule has 0 saturated carbocycles. The molecule has 1 amide bonds. The van der Waals surface area contributed by atoms with Gasteiger partial charge >= 0.3 is 0 Å². The molecule has 1 N–H and O–H groups in total. The third-order valence-corrected chi connectivity index (χ3v) is 4.56. The van der Waals surface area contributed by atoms with E-state index in [0.29, 0.717) is 13.0 Å². The van der Waals surface area contributed by atoms with Crippen molar-refractivity contribution in [2.75, 3.05) is 6.61 Å². The molecule has 7 heteroatoms. The quantitative estimate of drug-likeness (QED) is 0.824. The zero-order valence-corrected chi connectivity index (χ0v) is 15.6. The second-order valence-electron chi connectivity index (χ2n) is 6.84. The Morgan fingerprint density at radius 2 is 2.12 bits per heavy atom. The standard InChI is InChI=1S/C19H27N5O2/c1-14-10-15(2)24(23-14)8-5-7-18(25)20-11-16-12-21-19(22-13-16)17-6-3-4-9-26-17/h10,12-13,17H,3-9,11H2,1-2H3,(H,20,25)/t17-/m1/s1. The van der Waals surface area contributed by atoms with Crippen molar-refractivity contribution in [3.63, 3.8) is 0 Å². The van der Waals surface area contributed by atoms with E-state index in [-0.39, 0.29) is 12.0 Å². The van der Waals surface area contributed by atoms with E-state index in [1.807, 2.05) is 24.6 Å². The Morgan fingerprint density at radius 3 is 2.77 bits per heavy atom. The zero-order chi connectivity index (χ0) is 18.4. The molecule has 0 aliphatic carbocycles. The second-order valence-corrected chi connectivity index (χ2v) is 6.84. The number of aryl methyl sites for hydroxylation is 3. The van der Waals surface area contributed by atoms with E-state index in [0.717, 1.165) is 61.6 Å². The predicted octanol–water partition coefficient (Wildman–Crippen LogP) is 2.63. The van der Waals surface area contributed by atoms with Crippen LogP contribution < -0.4 is 5.32 Å². The van der Waals surface area contributed by atoms with Crippen molar-refractivity contribution < 1.29 is 9.53 Å². The number of rotatable bonds is 7. The summed E-state index contributed by atoms with van der Waals surface area (Å²) >= 11 is 0. The molecular weight excluding hydrogens is 330 g/mol. The van der Waals surface area contributed by atoms with Gasteiger partial charge in [0.1, 0.15) is 6.10 Å². The minimum absolute atomic E-state index is 0.0155. The van der Waals surface area contributed by atoms with Crippen LogP contribution in [-0.2, 0) is 22.6 Å². The Balaban J connectivity index is 1.39. The summed E-state index contributed by atoms with van der Waals surface area (Å²) in [4.78, 5) is 20.8. The molecule has 2 aromatic rings. The molecule has 7 nitrogen and oxygen atoms in total. The first-order valence-corrected chi connectivity index (χ1v) is 9.32. The van der Waals surface area contributed by atoms with Crippen LogP contribution >= 0.6 is 0 Å². The van der Waals surface area contributed by atoms with Gasteiger partial charge in [0.15, 0.2) is 5.82 Å². The van der Waals surface area contributed by atoms with Crippen molar-refractivity contribution in [3.05, 3.63) is 41.2 Å². The first-order valence-electron chi connectivity index (χ1n) is 9.32. The van der Waals surface area contributed by atoms with E-state index in [2.05, 4.69) is 20.4 Å². The molecule has 1 aliphatic heterocycles. The Kier molecular flexibility index (Phi) is 6.33. The molecule has 2 aromatic heterocycles. The van der Waals surface area contributed by atoms with Gasteiger partial charge in [-0.2, -0.15) is 5.10 Å². The van der Waals surface area contributed by atoms with Crippen molar-refractivity contribution in [2.45, 2.75) is 65.1 Å². The molecule has 0 radical (unpaired) electrons. The van der Waals surface area contributed by atoms with Gasteiger partial charge in [0.25, 0.3) is 0 Å². The number of carbonyl (C=O) groups is 1. The van der Waals surface area contributed by atoms with Crippen LogP contribution in [0.1, 0.15) is 61.0 Å². The lowest BCUT2D eigenvalue weighted by atomic mass is 10.1. The highest BCUT2D eigenvalue weighted by molar-refractivity contribution is 5.75. The molecule has 3 heterocycles. The summed E-state index contributed by atoms with van der Waals surface area (Å²) in [5.41, 5.74) is 3.03. The normalized spacial score (nSPS) is 17.2. The topological polar surface area (TPSA) is 81.9 Å². The number of aromatic nitrogens is 4. The molecule has 3 rings (SSSR count). The highest BCUT2D eigenvalue weighted by Crippen LogP contribution is 2.24. The minimum Gasteiger partial charge on any atom is -0.370 e. The number of amides is 1. The van der Waals surface area contributed by atoms with Crippen LogP contribution in [0, 0.1) is 13.8 Å². The molecule has 0 spiro atoms. The number of carbonyl (C=O) groups excluding carboxylic acids is 1. The van der Waals surface area contributed by atoms with Crippen molar-refractivity contribution in [3.8, 4) is 0 Å². The monoisotopic (exact) mass is 357 g/mol. The van der Waals surface area contributed by atoms with Crippen molar-refractivity contribution in [1.82, 2.24) is 25.1 Å². The van der Waals surface area contributed by atoms with Gasteiger partial charge in [-0.05, 0) is 45.6 Å². The number of nitrogens with one attached hydrogen (secondary N) is 1. The lowest BCUT2D eigenvalue weighted by Gasteiger charge is -2.21. The Labute approximate surface area is 154 Å². The summed E-state index contributed by atoms with van der Waals surface area (Å²) in [6.45, 7) is 5.99. The molecular formula is C19H27N5O2. The molecule has 0 unspecified atom stereocenters. The maximum atomic E-state index is 12.0. The summed E-state index contributed by atoms with van der Waals surface area (Å²) in [5, 5.41) is 7.33. The smallest absolute Gasteiger partial charge is 0.220 e. The van der Waals surface area contributed by atoms with Crippen LogP contribution in [0.3, 0.4) is 0 Å². The van der Waals surface area contributed by atoms with Crippen molar-refractivity contribution in [2.24, 2.45) is 0 Å². The van der Waals surface area contributed by atoms with Crippen LogP contribution in [0.2, 0.25) is 0 Å². The summed E-state index contributed by atoms with van der Waals surface area (Å²) in [6.07, 6.45) is 8.05. The van der Waals surface area contributed by atoms with Crippen LogP contribution in [-0.4, -0.2) is 32.3 Å². The van der Waals surface area contributed by atoms with Crippen LogP contribution in [0.5, 0.6) is 0 Å². The van der Waals surface area contributed by atoms with E-state index < -0.39 is 0 Å². The molecule has 1 atom stereocenters. The Bertz CT molecular complexity index is 720. The second kappa shape index (κ2) is 8.89. The van der Waals surface area contributed by atoms with Crippen molar-refractivity contribution in [1.29, 1.82) is 0 Å². The molecule has 1 fully saturated rings. The number of ether oxygens (including phenoxy) is 1. The first-order chi connectivity index (χ1) is 12.6. The average molecular weight is 357 g/mol. The van der Waals surface area contributed by atoms with Gasteiger partial charge in [-0.3, -0.25) is 9.48 Å². The van der Waals surface area contributed by atoms with Crippen LogP contribution in [0.15, 0.2) is 18.5 Å². The van der Waals surface area contributed by atoms with Crippen molar-refractivity contribution >= 4 is 5.91 Å². The van der Waals surface area contributed by atoms with Gasteiger partial charge in [0.05, 0.1) is 5.69 Å². The van der Waals surface area contributed by atoms with Crippen LogP contribution in [0.4, 0.5) is 0 Å². The fourth-order valence-corrected chi connectivity index (χ4v) is 3.15. The van der Waals surface area contributed by atoms with Crippen LogP contribution in [0.25, 0.3) is 0 Å². The summed E-state index contributed by atoms with van der Waals surface area (Å²) < 4.78 is 7.64. The van der Waals surface area contributed by atoms with E-state index >= 15 is 0 Å². The number of hydrogen-bond acceptors (Lipinski definition) is 5. The Morgan fingerprint density at radius 1 is 1.31 bits per heavy atom. The largest absolute Gasteiger partial charge is 0.370 e. The van der Waals surface area contributed by atoms with Gasteiger partial charge in [-0.1, -0.05) is 0 Å². The van der Waals surface area contributed by atoms with E-state index in [4.69, 9.17) is 4.74 Å². The summed E-state index contributed by atoms with van der Waals surface area (Å²) in [5.74, 6) is 0.774. The van der Waals surface area contributed by atoms with Gasteiger partial charge in [0, 0.05) is 49.8 Å². The number of nitrogens with zero attached hydrogens (tertiary/aromatic N) is 4. The fourth-order valence-electron chi connectivity index (χ4n) is 3.15. The fraction of sp³-hybridized carbons (Fsp3) is 0.579. The van der Waals surface area contributed by atoms with Gasteiger partial charge in [-0.25, -0.2) is 9.97 Å². The highest BCUT2D eigenvalue weighted by Gasteiger charge is 2.18. The summed E-state index contributed by atoms with van der Waals surface area (Å²) in [7, 11) is 0. The molecule has 1 saturated heterocycles. The van der Waals surface area contributed by atoms with E-state index in [1.165, 1.54) is 0 Å². The molecule has 0 bridgehead atoms. The zero-order valence-electron chi connectivity index (χ0n) is 15.6. The van der Waals surface area contributed by atoms with E-state index in [1.54, 1.807) is 12.4 Å². The maximum absolute atomic E-state index is 12.0. The first kappa shape index (κ1) is 18.5. The third-order valence-electron chi connectivity index (χ3n) is 4.56. The third kappa shape index (κ3) is 5.11. The lowest BCUT2D eigenvalue weighted by Crippen LogP contribution is -2.23. The van der Waals surface area contributed by atoms with Gasteiger partial charge in [0.2, 0.25) is 5.91 Å². The molecule has 26 heavy (non-hydrogen) atoms. The SMILES string of the molecule is Cc1cc(C)n(CCCC(=O)NCc2cnc([C@H]3CCCCO3)nc2)n1. The average Bonchev–Trinajstić information content (AvgIpc) is 2.98. The molecule has 140 valence electrons. The lowest BCUT2D eigenvalue weighted by molar-refractivity contribution is -0.121. The number of hydrogen-bond donors (Lipinski definition) is 1. The van der Waals surface area contributed by atoms with Gasteiger partial charge in [-0.15, -0.1) is 0 Å². The Hall–Kier alpha value is -2.28. The maximum Gasteiger partial charge on any atom is 0.220 e.